The molecule has 2 aliphatic rings. The number of aromatic nitrogens is 1. The molecule has 0 radical (unpaired) electrons. The van der Waals surface area contributed by atoms with Crippen molar-refractivity contribution in [2.75, 3.05) is 28.2 Å². The maximum atomic E-state index is 12.9. The average Bonchev–Trinajstić information content (AvgIpc) is 2.73. The molecule has 3 rings (SSSR count). The molecular formula is C18H19N5O6. The van der Waals surface area contributed by atoms with Gasteiger partial charge in [-0.1, -0.05) is 0 Å². The molecule has 0 unspecified atom stereocenters. The van der Waals surface area contributed by atoms with Crippen LogP contribution in [-0.4, -0.2) is 88.5 Å². The van der Waals surface area contributed by atoms with E-state index in [0.29, 0.717) is 5.56 Å². The van der Waals surface area contributed by atoms with Crippen LogP contribution in [0.1, 0.15) is 11.5 Å². The van der Waals surface area contributed by atoms with Crippen molar-refractivity contribution in [2.45, 2.75) is 5.92 Å². The highest BCUT2D eigenvalue weighted by atomic mass is 16.2. The number of nitrogens with zero attached hydrogens (tertiary/aromatic N) is 5. The minimum atomic E-state index is -1.50. The van der Waals surface area contributed by atoms with Crippen LogP contribution < -0.4 is 0 Å². The van der Waals surface area contributed by atoms with Crippen LogP contribution in [0.5, 0.6) is 0 Å². The molecule has 0 saturated carbocycles. The normalized spacial score (nSPS) is 19.9. The number of hydrogen-bond acceptors (Lipinski definition) is 7. The molecule has 3 heterocycles. The monoisotopic (exact) mass is 401 g/mol. The van der Waals surface area contributed by atoms with E-state index in [2.05, 4.69) is 4.98 Å². The lowest BCUT2D eigenvalue weighted by Crippen LogP contribution is -2.63. The minimum Gasteiger partial charge on any atom is -0.273 e. The van der Waals surface area contributed by atoms with E-state index in [1.807, 2.05) is 0 Å². The summed E-state index contributed by atoms with van der Waals surface area (Å²) in [5.41, 5.74) is 0.339. The summed E-state index contributed by atoms with van der Waals surface area (Å²) in [6.45, 7) is 0. The molecule has 0 aromatic carbocycles. The average molecular weight is 401 g/mol. The third kappa shape index (κ3) is 2.94. The minimum absolute atomic E-state index is 0.339. The fraction of sp³-hybridized carbons (Fsp3) is 0.389. The molecule has 0 aliphatic carbocycles. The van der Waals surface area contributed by atoms with Gasteiger partial charge < -0.3 is 0 Å². The quantitative estimate of drug-likeness (QED) is 0.625. The highest BCUT2D eigenvalue weighted by Crippen LogP contribution is 2.39. The lowest BCUT2D eigenvalue weighted by atomic mass is 9.73. The molecule has 8 amide bonds. The third-order valence-corrected chi connectivity index (χ3v) is 5.34. The summed E-state index contributed by atoms with van der Waals surface area (Å²) in [7, 11) is 4.88. The number of rotatable bonds is 3. The van der Waals surface area contributed by atoms with E-state index < -0.39 is 53.4 Å². The topological polar surface area (TPSA) is 128 Å². The van der Waals surface area contributed by atoms with Gasteiger partial charge in [-0.15, -0.1) is 0 Å². The van der Waals surface area contributed by atoms with Crippen LogP contribution in [0.3, 0.4) is 0 Å². The Kier molecular flexibility index (Phi) is 4.91. The van der Waals surface area contributed by atoms with E-state index in [9.17, 15) is 28.8 Å². The van der Waals surface area contributed by atoms with Gasteiger partial charge in [-0.2, -0.15) is 0 Å². The van der Waals surface area contributed by atoms with Gasteiger partial charge in [0.05, 0.1) is 0 Å². The van der Waals surface area contributed by atoms with E-state index in [1.165, 1.54) is 52.7 Å². The number of carbonyl (C=O) groups is 6. The van der Waals surface area contributed by atoms with Gasteiger partial charge >= 0.3 is 12.1 Å². The molecule has 0 bridgehead atoms. The smallest absolute Gasteiger partial charge is 0.273 e. The molecule has 2 saturated heterocycles. The Labute approximate surface area is 165 Å². The third-order valence-electron chi connectivity index (χ3n) is 5.34. The second-order valence-electron chi connectivity index (χ2n) is 6.92. The molecule has 11 heteroatoms. The fourth-order valence-electron chi connectivity index (χ4n) is 3.65. The summed E-state index contributed by atoms with van der Waals surface area (Å²) < 4.78 is 0. The zero-order valence-corrected chi connectivity index (χ0v) is 16.2. The maximum Gasteiger partial charge on any atom is 0.332 e. The first-order chi connectivity index (χ1) is 13.6. The number of barbiturate groups is 2. The SMILES string of the molecule is CN1C(=O)C(C(c2ccncc2)C2C(=O)N(C)C(=O)N(C)C2=O)C(=O)N(C)C1=O. The van der Waals surface area contributed by atoms with Crippen molar-refractivity contribution < 1.29 is 28.8 Å². The van der Waals surface area contributed by atoms with Crippen LogP contribution in [0.4, 0.5) is 9.59 Å². The van der Waals surface area contributed by atoms with E-state index in [4.69, 9.17) is 0 Å². The standard InChI is InChI=1S/C18H19N5O6/c1-20-13(24)11(14(25)21(2)17(20)28)10(9-5-7-19-8-6-9)12-15(26)22(3)18(29)23(4)16(12)27/h5-8,10-12H,1-4H3. The fourth-order valence-corrected chi connectivity index (χ4v) is 3.65. The largest absolute Gasteiger partial charge is 0.332 e. The van der Waals surface area contributed by atoms with Crippen LogP contribution in [0.25, 0.3) is 0 Å². The van der Waals surface area contributed by atoms with Crippen molar-refractivity contribution in [3.63, 3.8) is 0 Å². The first-order valence-electron chi connectivity index (χ1n) is 8.67. The first-order valence-corrected chi connectivity index (χ1v) is 8.67. The summed E-state index contributed by atoms with van der Waals surface area (Å²) in [6.07, 6.45) is 2.80. The van der Waals surface area contributed by atoms with Crippen molar-refractivity contribution in [1.29, 1.82) is 0 Å². The van der Waals surface area contributed by atoms with Crippen molar-refractivity contribution in [3.8, 4) is 0 Å². The van der Waals surface area contributed by atoms with Crippen molar-refractivity contribution in [3.05, 3.63) is 30.1 Å². The van der Waals surface area contributed by atoms with Crippen molar-refractivity contribution in [1.82, 2.24) is 24.6 Å². The van der Waals surface area contributed by atoms with Gasteiger partial charge in [-0.05, 0) is 17.7 Å². The van der Waals surface area contributed by atoms with Crippen LogP contribution in [-0.2, 0) is 19.2 Å². The number of carbonyl (C=O) groups excluding carboxylic acids is 6. The van der Waals surface area contributed by atoms with Gasteiger partial charge in [0, 0.05) is 46.5 Å². The second-order valence-corrected chi connectivity index (χ2v) is 6.92. The van der Waals surface area contributed by atoms with Gasteiger partial charge in [-0.3, -0.25) is 43.8 Å². The Morgan fingerprint density at radius 3 is 1.28 bits per heavy atom. The molecule has 29 heavy (non-hydrogen) atoms. The zero-order valence-electron chi connectivity index (χ0n) is 16.2. The number of urea groups is 2. The van der Waals surface area contributed by atoms with Crippen molar-refractivity contribution in [2.24, 2.45) is 11.8 Å². The summed E-state index contributed by atoms with van der Waals surface area (Å²) >= 11 is 0. The zero-order chi connectivity index (χ0) is 21.6. The Morgan fingerprint density at radius 2 is 0.966 bits per heavy atom. The Bertz CT molecular complexity index is 828. The summed E-state index contributed by atoms with van der Waals surface area (Å²) in [4.78, 5) is 82.9. The molecule has 2 aliphatic heterocycles. The van der Waals surface area contributed by atoms with Crippen LogP contribution in [0.15, 0.2) is 24.5 Å². The molecule has 11 nitrogen and oxygen atoms in total. The molecular weight excluding hydrogens is 382 g/mol. The van der Waals surface area contributed by atoms with Crippen LogP contribution >= 0.6 is 0 Å². The summed E-state index contributed by atoms with van der Waals surface area (Å²) in [5, 5.41) is 0. The van der Waals surface area contributed by atoms with E-state index >= 15 is 0 Å². The van der Waals surface area contributed by atoms with Gasteiger partial charge in [0.15, 0.2) is 0 Å². The van der Waals surface area contributed by atoms with Crippen LogP contribution in [0.2, 0.25) is 0 Å². The summed E-state index contributed by atoms with van der Waals surface area (Å²) in [5.74, 6) is -7.55. The Morgan fingerprint density at radius 1 is 0.655 bits per heavy atom. The van der Waals surface area contributed by atoms with Crippen molar-refractivity contribution >= 4 is 35.7 Å². The molecule has 1 aromatic heterocycles. The summed E-state index contributed by atoms with van der Waals surface area (Å²) in [6, 6.07) is 1.35. The van der Waals surface area contributed by atoms with E-state index in [0.717, 1.165) is 19.6 Å². The second kappa shape index (κ2) is 7.08. The predicted octanol–water partition coefficient (Wildman–Crippen LogP) is -0.502. The van der Waals surface area contributed by atoms with Gasteiger partial charge in [0.25, 0.3) is 0 Å². The highest BCUT2D eigenvalue weighted by Gasteiger charge is 2.55. The Hall–Kier alpha value is -3.63. The molecule has 0 N–H and O–H groups in total. The molecule has 1 aromatic rings. The number of amides is 8. The Balaban J connectivity index is 2.19. The van der Waals surface area contributed by atoms with Gasteiger partial charge in [0.1, 0.15) is 11.8 Å². The molecule has 152 valence electrons. The molecule has 0 atom stereocenters. The number of pyridine rings is 1. The van der Waals surface area contributed by atoms with Gasteiger partial charge in [-0.25, -0.2) is 9.59 Å². The number of hydrogen-bond donors (Lipinski definition) is 0. The van der Waals surface area contributed by atoms with Gasteiger partial charge in [0.2, 0.25) is 23.6 Å². The van der Waals surface area contributed by atoms with E-state index in [-0.39, 0.29) is 0 Å². The lowest BCUT2D eigenvalue weighted by molar-refractivity contribution is -0.154. The predicted molar refractivity (Wildman–Crippen MR) is 95.8 cm³/mol. The van der Waals surface area contributed by atoms with Crippen LogP contribution in [0, 0.1) is 11.8 Å². The molecule has 2 fully saturated rings. The lowest BCUT2D eigenvalue weighted by Gasteiger charge is -2.41. The maximum absolute atomic E-state index is 12.9. The van der Waals surface area contributed by atoms with E-state index in [1.54, 1.807) is 0 Å². The number of imide groups is 4. The highest BCUT2D eigenvalue weighted by molar-refractivity contribution is 6.19. The molecule has 0 spiro atoms. The first kappa shape index (κ1) is 20.1.